The molecule has 1 amide bonds. The summed E-state index contributed by atoms with van der Waals surface area (Å²) in [5.74, 6) is 0.0423. The molecule has 0 aliphatic carbocycles. The summed E-state index contributed by atoms with van der Waals surface area (Å²) in [4.78, 5) is 24.1. The Kier molecular flexibility index (Phi) is 6.46. The standard InChI is InChI=1S/C23H24ClN3OS2/c1-4-5-13-27-21(28)20(22-26(3)18-14-17(24)11-12-19(18)29-22)30-23(27)25-15(2)16-9-7-6-8-10-16/h6-12,14-15H,4-5,13H2,1-3H3/b22-20-,25-23?. The summed E-state index contributed by atoms with van der Waals surface area (Å²) in [7, 11) is 1.99. The van der Waals surface area contributed by atoms with Crippen LogP contribution in [0.25, 0.3) is 0 Å². The number of hydrogen-bond acceptors (Lipinski definition) is 5. The number of amides is 1. The fourth-order valence-electron chi connectivity index (χ4n) is 3.44. The fourth-order valence-corrected chi connectivity index (χ4v) is 6.01. The second-order valence-electron chi connectivity index (χ2n) is 7.32. The summed E-state index contributed by atoms with van der Waals surface area (Å²) < 4.78 is 0. The maximum absolute atomic E-state index is 13.4. The molecule has 7 heteroatoms. The Hall–Kier alpha value is -1.89. The Balaban J connectivity index is 1.69. The van der Waals surface area contributed by atoms with E-state index in [0.29, 0.717) is 11.6 Å². The number of carbonyl (C=O) groups is 1. The molecule has 0 saturated carbocycles. The van der Waals surface area contributed by atoms with Gasteiger partial charge in [0.2, 0.25) is 0 Å². The van der Waals surface area contributed by atoms with Crippen LogP contribution >= 0.6 is 35.1 Å². The third kappa shape index (κ3) is 4.13. The van der Waals surface area contributed by atoms with E-state index in [4.69, 9.17) is 16.6 Å². The van der Waals surface area contributed by atoms with Crippen LogP contribution in [0, 0.1) is 0 Å². The highest BCUT2D eigenvalue weighted by Crippen LogP contribution is 2.50. The second-order valence-corrected chi connectivity index (χ2v) is 9.76. The number of hydrogen-bond donors (Lipinski definition) is 0. The maximum Gasteiger partial charge on any atom is 0.269 e. The number of nitrogens with zero attached hydrogens (tertiary/aromatic N) is 3. The SMILES string of the molecule is CCCCN1C(=O)/C(=C2/Sc3ccc(Cl)cc3N2C)SC1=NC(C)c1ccccc1. The minimum absolute atomic E-state index is 0.0139. The van der Waals surface area contributed by atoms with Gasteiger partial charge in [0.25, 0.3) is 5.91 Å². The third-order valence-corrected chi connectivity index (χ3v) is 7.85. The first-order chi connectivity index (χ1) is 14.5. The van der Waals surface area contributed by atoms with Crippen molar-refractivity contribution in [3.63, 3.8) is 0 Å². The molecule has 30 heavy (non-hydrogen) atoms. The van der Waals surface area contributed by atoms with E-state index in [0.717, 1.165) is 44.1 Å². The molecule has 1 saturated heterocycles. The first-order valence-electron chi connectivity index (χ1n) is 10.1. The van der Waals surface area contributed by atoms with E-state index in [1.165, 1.54) is 11.8 Å². The Morgan fingerprint density at radius 2 is 1.90 bits per heavy atom. The first-order valence-corrected chi connectivity index (χ1v) is 12.1. The molecule has 0 aromatic heterocycles. The Morgan fingerprint density at radius 1 is 1.13 bits per heavy atom. The highest BCUT2D eigenvalue weighted by molar-refractivity contribution is 8.19. The quantitative estimate of drug-likeness (QED) is 0.477. The minimum atomic E-state index is -0.0139. The van der Waals surface area contributed by atoms with Crippen LogP contribution in [0.5, 0.6) is 0 Å². The van der Waals surface area contributed by atoms with Crippen LogP contribution in [0.1, 0.15) is 38.3 Å². The number of anilines is 1. The summed E-state index contributed by atoms with van der Waals surface area (Å²) >= 11 is 9.30. The fraction of sp³-hybridized carbons (Fsp3) is 0.304. The lowest BCUT2D eigenvalue weighted by Gasteiger charge is -2.17. The number of benzene rings is 2. The van der Waals surface area contributed by atoms with Gasteiger partial charge in [-0.1, -0.05) is 67.0 Å². The molecule has 1 atom stereocenters. The molecular formula is C23H24ClN3OS2. The molecule has 0 N–H and O–H groups in total. The van der Waals surface area contributed by atoms with E-state index >= 15 is 0 Å². The highest BCUT2D eigenvalue weighted by atomic mass is 35.5. The van der Waals surface area contributed by atoms with Crippen molar-refractivity contribution in [1.82, 2.24) is 4.90 Å². The summed E-state index contributed by atoms with van der Waals surface area (Å²) in [5, 5.41) is 2.43. The van der Waals surface area contributed by atoms with E-state index in [9.17, 15) is 4.79 Å². The van der Waals surface area contributed by atoms with Gasteiger partial charge >= 0.3 is 0 Å². The van der Waals surface area contributed by atoms with Crippen molar-refractivity contribution in [3.05, 3.63) is 69.1 Å². The van der Waals surface area contributed by atoms with Crippen molar-refractivity contribution in [2.45, 2.75) is 37.6 Å². The normalized spacial score (nSPS) is 20.9. The molecule has 0 spiro atoms. The van der Waals surface area contributed by atoms with E-state index in [-0.39, 0.29) is 11.9 Å². The number of amidine groups is 1. The summed E-state index contributed by atoms with van der Waals surface area (Å²) in [6, 6.07) is 16.0. The Morgan fingerprint density at radius 3 is 2.63 bits per heavy atom. The van der Waals surface area contributed by atoms with Crippen LogP contribution in [0.2, 0.25) is 5.02 Å². The van der Waals surface area contributed by atoms with Crippen LogP contribution < -0.4 is 4.90 Å². The van der Waals surface area contributed by atoms with Gasteiger partial charge in [0.15, 0.2) is 5.17 Å². The predicted molar refractivity (Wildman–Crippen MR) is 129 cm³/mol. The van der Waals surface area contributed by atoms with Gasteiger partial charge in [-0.15, -0.1) is 0 Å². The average Bonchev–Trinajstić information content (AvgIpc) is 3.23. The van der Waals surface area contributed by atoms with Gasteiger partial charge in [-0.2, -0.15) is 0 Å². The highest BCUT2D eigenvalue weighted by Gasteiger charge is 2.39. The minimum Gasteiger partial charge on any atom is -0.337 e. The van der Waals surface area contributed by atoms with Crippen LogP contribution in [-0.2, 0) is 4.79 Å². The van der Waals surface area contributed by atoms with Gasteiger partial charge in [-0.3, -0.25) is 14.7 Å². The predicted octanol–water partition coefficient (Wildman–Crippen LogP) is 6.54. The molecule has 0 bridgehead atoms. The average molecular weight is 458 g/mol. The Labute approximate surface area is 191 Å². The van der Waals surface area contributed by atoms with Crippen molar-refractivity contribution in [2.75, 3.05) is 18.5 Å². The van der Waals surface area contributed by atoms with Gasteiger partial charge in [0.05, 0.1) is 16.8 Å². The van der Waals surface area contributed by atoms with Gasteiger partial charge < -0.3 is 4.90 Å². The molecule has 2 aliphatic rings. The Bertz CT molecular complexity index is 1020. The van der Waals surface area contributed by atoms with Gasteiger partial charge in [0, 0.05) is 23.5 Å². The van der Waals surface area contributed by atoms with Crippen LogP contribution in [0.4, 0.5) is 5.69 Å². The van der Waals surface area contributed by atoms with E-state index in [2.05, 4.69) is 30.9 Å². The number of fused-ring (bicyclic) bond motifs is 1. The lowest BCUT2D eigenvalue weighted by Crippen LogP contribution is -2.31. The number of carbonyl (C=O) groups excluding carboxylic acids is 1. The van der Waals surface area contributed by atoms with Crippen molar-refractivity contribution in [3.8, 4) is 0 Å². The molecule has 4 nitrogen and oxygen atoms in total. The first kappa shape index (κ1) is 21.3. The smallest absolute Gasteiger partial charge is 0.269 e. The molecule has 1 fully saturated rings. The number of halogens is 1. The number of thioether (sulfide) groups is 2. The summed E-state index contributed by atoms with van der Waals surface area (Å²) in [6.45, 7) is 4.90. The molecule has 2 aliphatic heterocycles. The molecule has 2 aromatic rings. The van der Waals surface area contributed by atoms with E-state index in [1.807, 2.05) is 48.3 Å². The molecular weight excluding hydrogens is 434 g/mol. The van der Waals surface area contributed by atoms with Gasteiger partial charge in [0.1, 0.15) is 4.91 Å². The molecule has 0 radical (unpaired) electrons. The van der Waals surface area contributed by atoms with E-state index in [1.54, 1.807) is 11.8 Å². The molecule has 2 heterocycles. The monoisotopic (exact) mass is 457 g/mol. The second kappa shape index (κ2) is 9.08. The van der Waals surface area contributed by atoms with Gasteiger partial charge in [-0.25, -0.2) is 0 Å². The third-order valence-electron chi connectivity index (χ3n) is 5.17. The van der Waals surface area contributed by atoms with Crippen molar-refractivity contribution < 1.29 is 4.79 Å². The lowest BCUT2D eigenvalue weighted by atomic mass is 10.1. The number of rotatable bonds is 5. The topological polar surface area (TPSA) is 35.9 Å². The van der Waals surface area contributed by atoms with E-state index < -0.39 is 0 Å². The van der Waals surface area contributed by atoms with Gasteiger partial charge in [-0.05, 0) is 48.9 Å². The van der Waals surface area contributed by atoms with Crippen LogP contribution in [0.3, 0.4) is 0 Å². The van der Waals surface area contributed by atoms with Crippen LogP contribution in [-0.4, -0.2) is 29.6 Å². The van der Waals surface area contributed by atoms with Crippen molar-refractivity contribution in [2.24, 2.45) is 4.99 Å². The largest absolute Gasteiger partial charge is 0.337 e. The summed E-state index contributed by atoms with van der Waals surface area (Å²) in [5.41, 5.74) is 2.18. The van der Waals surface area contributed by atoms with Crippen molar-refractivity contribution >= 4 is 51.9 Å². The van der Waals surface area contributed by atoms with Crippen molar-refractivity contribution in [1.29, 1.82) is 0 Å². The molecule has 4 rings (SSSR count). The molecule has 1 unspecified atom stereocenters. The number of unbranched alkanes of at least 4 members (excludes halogenated alkanes) is 1. The number of aliphatic imine (C=N–C) groups is 1. The van der Waals surface area contributed by atoms with Crippen LogP contribution in [0.15, 0.2) is 68.4 Å². The molecule has 156 valence electrons. The summed E-state index contributed by atoms with van der Waals surface area (Å²) in [6.07, 6.45) is 1.98. The zero-order valence-electron chi connectivity index (χ0n) is 17.3. The maximum atomic E-state index is 13.4. The lowest BCUT2D eigenvalue weighted by molar-refractivity contribution is -0.122. The zero-order valence-corrected chi connectivity index (χ0v) is 19.7. The molecule has 2 aromatic carbocycles. The zero-order chi connectivity index (χ0) is 21.3.